The van der Waals surface area contributed by atoms with Crippen molar-refractivity contribution in [3.8, 4) is 0 Å². The number of hydrogen-bond donors (Lipinski definition) is 1. The number of hydrogen-bond acceptors (Lipinski definition) is 7. The first-order valence-electron chi connectivity index (χ1n) is 15.8. The molecule has 0 aliphatic heterocycles. The van der Waals surface area contributed by atoms with Crippen LogP contribution in [0.1, 0.15) is 18.4 Å². The van der Waals surface area contributed by atoms with Crippen molar-refractivity contribution in [2.75, 3.05) is 6.54 Å². The van der Waals surface area contributed by atoms with E-state index in [1.807, 2.05) is 42.7 Å². The zero-order valence-corrected chi connectivity index (χ0v) is 28.0. The van der Waals surface area contributed by atoms with Crippen LogP contribution in [0, 0.1) is 0 Å². The summed E-state index contributed by atoms with van der Waals surface area (Å²) in [5.74, 6) is 0. The summed E-state index contributed by atoms with van der Waals surface area (Å²) in [6, 6.07) is 34.7. The minimum absolute atomic E-state index is 0. The van der Waals surface area contributed by atoms with Gasteiger partial charge < -0.3 is 5.73 Å². The molecule has 0 saturated heterocycles. The Morgan fingerprint density at radius 3 is 1.12 bits per heavy atom. The number of rotatable bonds is 4. The summed E-state index contributed by atoms with van der Waals surface area (Å²) in [6.07, 6.45) is 14.2. The van der Waals surface area contributed by atoms with Gasteiger partial charge in [0.1, 0.15) is 0 Å². The predicted molar refractivity (Wildman–Crippen MR) is 193 cm³/mol. The van der Waals surface area contributed by atoms with Gasteiger partial charge in [-0.2, -0.15) is 0 Å². The van der Waals surface area contributed by atoms with Crippen LogP contribution in [-0.2, 0) is 25.9 Å². The van der Waals surface area contributed by atoms with Gasteiger partial charge in [-0.1, -0.05) is 66.7 Å². The molecule has 9 aromatic rings. The number of nitrogens with two attached hydrogens (primary N) is 1. The summed E-state index contributed by atoms with van der Waals surface area (Å²) in [5, 5.41) is 6.90. The monoisotopic (exact) mass is 713 g/mol. The van der Waals surface area contributed by atoms with Gasteiger partial charge >= 0.3 is 0 Å². The van der Waals surface area contributed by atoms with Crippen LogP contribution in [0.3, 0.4) is 0 Å². The first-order chi connectivity index (χ1) is 23.3. The second-order valence-corrected chi connectivity index (χ2v) is 11.2. The van der Waals surface area contributed by atoms with Crippen molar-refractivity contribution in [1.29, 1.82) is 0 Å². The van der Waals surface area contributed by atoms with Crippen LogP contribution in [0.15, 0.2) is 140 Å². The standard InChI is InChI=1S/C16H17N3.2C12H8N2.Ru/c17-9-2-1-4-12-8-11-19-16-14(12)7-6-13-5-3-10-18-15(13)16;2*1-3-9-5-6-10-4-2-8-14-12(10)11(9)13-7-1;/h3,5-8,10-11H,1-2,4,9,17H2;2*1-8H;. The maximum atomic E-state index is 5.56. The first kappa shape index (κ1) is 32.6. The molecule has 3 aromatic carbocycles. The Kier molecular flexibility index (Phi) is 10.6. The summed E-state index contributed by atoms with van der Waals surface area (Å²) >= 11 is 0. The largest absolute Gasteiger partial charge is 0.330 e. The molecule has 0 amide bonds. The van der Waals surface area contributed by atoms with Crippen molar-refractivity contribution < 1.29 is 19.5 Å². The molecule has 0 fully saturated rings. The number of nitrogens with zero attached hydrogens (tertiary/aromatic N) is 6. The number of unbranched alkanes of at least 4 members (excludes halogenated alkanes) is 1. The molecule has 2 N–H and O–H groups in total. The first-order valence-corrected chi connectivity index (χ1v) is 15.8. The minimum atomic E-state index is 0. The number of aromatic nitrogens is 6. The molecule has 0 saturated carbocycles. The molecule has 0 radical (unpaired) electrons. The Bertz CT molecular complexity index is 2250. The van der Waals surface area contributed by atoms with Gasteiger partial charge in [0.05, 0.1) is 33.1 Å². The van der Waals surface area contributed by atoms with E-state index in [0.29, 0.717) is 0 Å². The van der Waals surface area contributed by atoms with Crippen molar-refractivity contribution in [2.45, 2.75) is 19.3 Å². The van der Waals surface area contributed by atoms with Gasteiger partial charge in [-0.25, -0.2) is 0 Å². The molecule has 0 unspecified atom stereocenters. The molecule has 9 rings (SSSR count). The van der Waals surface area contributed by atoms with Crippen LogP contribution in [0.25, 0.3) is 65.4 Å². The van der Waals surface area contributed by atoms with Gasteiger partial charge in [-0.3, -0.25) is 29.9 Å². The summed E-state index contributed by atoms with van der Waals surface area (Å²) < 4.78 is 0. The number of pyridine rings is 6. The summed E-state index contributed by atoms with van der Waals surface area (Å²) in [6.45, 7) is 0.757. The van der Waals surface area contributed by atoms with Gasteiger partial charge in [0.2, 0.25) is 0 Å². The van der Waals surface area contributed by atoms with Crippen molar-refractivity contribution in [3.63, 3.8) is 0 Å². The van der Waals surface area contributed by atoms with E-state index in [1.54, 1.807) is 24.8 Å². The van der Waals surface area contributed by atoms with Crippen LogP contribution in [0.2, 0.25) is 0 Å². The molecule has 0 spiro atoms. The van der Waals surface area contributed by atoms with Gasteiger partial charge in [-0.05, 0) is 67.8 Å². The summed E-state index contributed by atoms with van der Waals surface area (Å²) in [5.41, 5.74) is 12.8. The molecule has 8 heteroatoms. The minimum Gasteiger partial charge on any atom is -0.330 e. The molecular formula is C40H33N7Ru. The molecule has 0 bridgehead atoms. The third-order valence-corrected chi connectivity index (χ3v) is 8.16. The van der Waals surface area contributed by atoms with E-state index in [1.165, 1.54) is 10.9 Å². The van der Waals surface area contributed by atoms with Crippen LogP contribution in [0.4, 0.5) is 0 Å². The fraction of sp³-hybridized carbons (Fsp3) is 0.100. The predicted octanol–water partition coefficient (Wildman–Crippen LogP) is 8.63. The quantitative estimate of drug-likeness (QED) is 0.111. The van der Waals surface area contributed by atoms with Crippen LogP contribution >= 0.6 is 0 Å². The average molecular weight is 713 g/mol. The zero-order valence-electron chi connectivity index (χ0n) is 26.2. The maximum absolute atomic E-state index is 5.56. The molecular weight excluding hydrogens is 680 g/mol. The van der Waals surface area contributed by atoms with Crippen molar-refractivity contribution in [2.24, 2.45) is 5.73 Å². The third-order valence-electron chi connectivity index (χ3n) is 8.16. The smallest absolute Gasteiger partial charge is 0.0967 e. The molecule has 6 heterocycles. The second-order valence-electron chi connectivity index (χ2n) is 11.2. The van der Waals surface area contributed by atoms with E-state index in [-0.39, 0.29) is 19.5 Å². The van der Waals surface area contributed by atoms with Crippen molar-refractivity contribution in [1.82, 2.24) is 29.9 Å². The molecule has 0 aliphatic rings. The fourth-order valence-electron chi connectivity index (χ4n) is 5.85. The Morgan fingerprint density at radius 2 is 0.729 bits per heavy atom. The van der Waals surface area contributed by atoms with Crippen molar-refractivity contribution >= 4 is 65.4 Å². The Hall–Kier alpha value is -5.30. The van der Waals surface area contributed by atoms with E-state index < -0.39 is 0 Å². The average Bonchev–Trinajstić information content (AvgIpc) is 3.15. The van der Waals surface area contributed by atoms with Gasteiger partial charge in [0, 0.05) is 89.0 Å². The second kappa shape index (κ2) is 15.5. The SMILES string of the molecule is NCCCCc1ccnc2c1ccc1cccnc12.[Ru].c1cnc2c(c1)ccc1cccnc12.c1cnc2c(c1)ccc1cccnc12. The maximum Gasteiger partial charge on any atom is 0.0967 e. The number of benzene rings is 3. The fourth-order valence-corrected chi connectivity index (χ4v) is 5.85. The van der Waals surface area contributed by atoms with E-state index in [9.17, 15) is 0 Å². The van der Waals surface area contributed by atoms with Gasteiger partial charge in [-0.15, -0.1) is 0 Å². The van der Waals surface area contributed by atoms with Gasteiger partial charge in [0.25, 0.3) is 0 Å². The Balaban J connectivity index is 0.000000126. The molecule has 236 valence electrons. The molecule has 6 aromatic heterocycles. The number of aryl methyl sites for hydroxylation is 1. The van der Waals surface area contributed by atoms with E-state index >= 15 is 0 Å². The number of fused-ring (bicyclic) bond motifs is 9. The molecule has 0 aliphatic carbocycles. The van der Waals surface area contributed by atoms with Crippen LogP contribution in [-0.4, -0.2) is 36.4 Å². The molecule has 48 heavy (non-hydrogen) atoms. The summed E-state index contributed by atoms with van der Waals surface area (Å²) in [4.78, 5) is 26.4. The topological polar surface area (TPSA) is 103 Å². The third kappa shape index (κ3) is 7.01. The molecule has 0 atom stereocenters. The van der Waals surface area contributed by atoms with Crippen LogP contribution < -0.4 is 5.73 Å². The normalized spacial score (nSPS) is 10.8. The van der Waals surface area contributed by atoms with Crippen molar-refractivity contribution in [3.05, 3.63) is 146 Å². The Labute approximate surface area is 291 Å². The van der Waals surface area contributed by atoms with E-state index in [4.69, 9.17) is 5.73 Å². The van der Waals surface area contributed by atoms with Crippen LogP contribution in [0.5, 0.6) is 0 Å². The van der Waals surface area contributed by atoms with E-state index in [2.05, 4.69) is 103 Å². The van der Waals surface area contributed by atoms with Gasteiger partial charge in [0.15, 0.2) is 0 Å². The van der Waals surface area contributed by atoms with E-state index in [0.717, 1.165) is 85.8 Å². The zero-order chi connectivity index (χ0) is 31.8. The molecule has 7 nitrogen and oxygen atoms in total. The summed E-state index contributed by atoms with van der Waals surface area (Å²) in [7, 11) is 0. The Morgan fingerprint density at radius 1 is 0.375 bits per heavy atom.